The fraction of sp³-hybridized carbons (Fsp3) is 0.429. The van der Waals surface area contributed by atoms with E-state index in [1.165, 1.54) is 12.1 Å². The topological polar surface area (TPSA) is 0 Å². The zero-order chi connectivity index (χ0) is 19.9. The first kappa shape index (κ1) is 22.1. The number of halogens is 5. The van der Waals surface area contributed by atoms with Gasteiger partial charge in [-0.3, -0.25) is 0 Å². The number of alkyl halides is 3. The first-order valence-electron chi connectivity index (χ1n) is 8.59. The Morgan fingerprint density at radius 2 is 1.31 bits per heavy atom. The molecule has 144 valence electrons. The van der Waals surface area contributed by atoms with E-state index >= 15 is 0 Å². The highest BCUT2D eigenvalue weighted by Gasteiger charge is 2.34. The van der Waals surface area contributed by atoms with E-state index in [9.17, 15) is 22.0 Å². The summed E-state index contributed by atoms with van der Waals surface area (Å²) >= 11 is 0. The molecule has 0 aromatic heterocycles. The third-order valence-corrected chi connectivity index (χ3v) is 3.51. The molecule has 2 aromatic carbocycles. The van der Waals surface area contributed by atoms with Crippen LogP contribution in [0, 0.1) is 23.5 Å². The second-order valence-corrected chi connectivity index (χ2v) is 7.14. The van der Waals surface area contributed by atoms with Crippen molar-refractivity contribution in [1.82, 2.24) is 0 Å². The van der Waals surface area contributed by atoms with Gasteiger partial charge in [0, 0.05) is 0 Å². The fourth-order valence-corrected chi connectivity index (χ4v) is 2.52. The minimum Gasteiger partial charge on any atom is -0.207 e. The van der Waals surface area contributed by atoms with Crippen LogP contribution in [-0.2, 0) is 19.0 Å². The summed E-state index contributed by atoms with van der Waals surface area (Å²) in [5.41, 5.74) is 0.416. The Bertz CT molecular complexity index is 687. The molecule has 0 saturated heterocycles. The largest absolute Gasteiger partial charge is 0.419 e. The monoisotopic (exact) mass is 372 g/mol. The minimum atomic E-state index is -4.61. The molecule has 0 aliphatic heterocycles. The third kappa shape index (κ3) is 7.98. The summed E-state index contributed by atoms with van der Waals surface area (Å²) in [6.07, 6.45) is -3.14. The van der Waals surface area contributed by atoms with Crippen LogP contribution in [0.3, 0.4) is 0 Å². The normalized spacial score (nSPS) is 11.5. The molecule has 0 spiro atoms. The molecule has 0 amide bonds. The molecule has 0 atom stereocenters. The van der Waals surface area contributed by atoms with Crippen molar-refractivity contribution in [2.24, 2.45) is 11.8 Å². The van der Waals surface area contributed by atoms with Gasteiger partial charge in [-0.25, -0.2) is 8.78 Å². The predicted octanol–water partition coefficient (Wildman–Crippen LogP) is 7.07. The third-order valence-electron chi connectivity index (χ3n) is 3.51. The molecule has 2 rings (SSSR count). The van der Waals surface area contributed by atoms with Gasteiger partial charge in [0.25, 0.3) is 0 Å². The number of rotatable bonds is 4. The van der Waals surface area contributed by atoms with Gasteiger partial charge in [0.15, 0.2) is 0 Å². The SMILES string of the molecule is CC(C)Cc1ccc(F)c(C(F)(F)F)c1.CC(C)Cc1cccc(F)c1. The molecule has 0 radical (unpaired) electrons. The van der Waals surface area contributed by atoms with Crippen molar-refractivity contribution >= 4 is 0 Å². The van der Waals surface area contributed by atoms with Crippen LogP contribution in [-0.4, -0.2) is 0 Å². The van der Waals surface area contributed by atoms with Crippen LogP contribution < -0.4 is 0 Å². The molecular formula is C21H25F5. The highest BCUT2D eigenvalue weighted by Crippen LogP contribution is 2.32. The van der Waals surface area contributed by atoms with Gasteiger partial charge in [-0.05, 0) is 60.1 Å². The van der Waals surface area contributed by atoms with Crippen molar-refractivity contribution in [2.45, 2.75) is 46.7 Å². The Morgan fingerprint density at radius 1 is 0.769 bits per heavy atom. The lowest BCUT2D eigenvalue weighted by Gasteiger charge is -2.11. The molecule has 0 saturated carbocycles. The van der Waals surface area contributed by atoms with Gasteiger partial charge >= 0.3 is 6.18 Å². The summed E-state index contributed by atoms with van der Waals surface area (Å²) in [7, 11) is 0. The molecule has 0 heterocycles. The van der Waals surface area contributed by atoms with Gasteiger partial charge in [-0.2, -0.15) is 13.2 Å². The molecule has 0 N–H and O–H groups in total. The standard InChI is InChI=1S/C11H12F4.C10H13F/c1-7(2)5-8-3-4-10(12)9(6-8)11(13,14)15;1-8(2)6-9-4-3-5-10(11)7-9/h3-4,6-7H,5H2,1-2H3;3-5,7-8H,6H2,1-2H3. The smallest absolute Gasteiger partial charge is 0.207 e. The Morgan fingerprint density at radius 3 is 1.77 bits per heavy atom. The number of benzene rings is 2. The Kier molecular flexibility index (Phi) is 8.25. The maximum atomic E-state index is 12.9. The average Bonchev–Trinajstić information content (AvgIpc) is 2.47. The van der Waals surface area contributed by atoms with Crippen molar-refractivity contribution in [3.05, 3.63) is 70.8 Å². The van der Waals surface area contributed by atoms with E-state index in [2.05, 4.69) is 13.8 Å². The van der Waals surface area contributed by atoms with E-state index in [1.54, 1.807) is 12.1 Å². The highest BCUT2D eigenvalue weighted by atomic mass is 19.4. The van der Waals surface area contributed by atoms with Gasteiger partial charge in [0.2, 0.25) is 0 Å². The lowest BCUT2D eigenvalue weighted by atomic mass is 10.0. The molecule has 0 fully saturated rings. The predicted molar refractivity (Wildman–Crippen MR) is 94.9 cm³/mol. The van der Waals surface area contributed by atoms with Crippen LogP contribution in [0.4, 0.5) is 22.0 Å². The van der Waals surface area contributed by atoms with Crippen molar-refractivity contribution in [1.29, 1.82) is 0 Å². The van der Waals surface area contributed by atoms with Crippen LogP contribution in [0.2, 0.25) is 0 Å². The summed E-state index contributed by atoms with van der Waals surface area (Å²) in [5.74, 6) is -0.508. The van der Waals surface area contributed by atoms with Crippen molar-refractivity contribution in [2.75, 3.05) is 0 Å². The molecule has 2 aromatic rings. The molecule has 5 heteroatoms. The lowest BCUT2D eigenvalue weighted by Crippen LogP contribution is -2.09. The number of hydrogen-bond acceptors (Lipinski definition) is 0. The van der Waals surface area contributed by atoms with Gasteiger partial charge in [0.05, 0.1) is 5.56 Å². The van der Waals surface area contributed by atoms with Gasteiger partial charge in [-0.15, -0.1) is 0 Å². The fourth-order valence-electron chi connectivity index (χ4n) is 2.52. The van der Waals surface area contributed by atoms with E-state index in [-0.39, 0.29) is 11.7 Å². The second-order valence-electron chi connectivity index (χ2n) is 7.14. The zero-order valence-corrected chi connectivity index (χ0v) is 15.5. The summed E-state index contributed by atoms with van der Waals surface area (Å²) in [6.45, 7) is 8.06. The first-order chi connectivity index (χ1) is 12.0. The maximum Gasteiger partial charge on any atom is 0.419 e. The van der Waals surface area contributed by atoms with Crippen LogP contribution in [0.25, 0.3) is 0 Å². The summed E-state index contributed by atoms with van der Waals surface area (Å²) in [6, 6.07) is 9.94. The zero-order valence-electron chi connectivity index (χ0n) is 15.5. The Hall–Kier alpha value is -1.91. The lowest BCUT2D eigenvalue weighted by molar-refractivity contribution is -0.140. The van der Waals surface area contributed by atoms with Crippen LogP contribution in [0.5, 0.6) is 0 Å². The van der Waals surface area contributed by atoms with Gasteiger partial charge in [-0.1, -0.05) is 45.9 Å². The molecular weight excluding hydrogens is 347 g/mol. The van der Waals surface area contributed by atoms with Crippen molar-refractivity contribution in [3.8, 4) is 0 Å². The van der Waals surface area contributed by atoms with Crippen LogP contribution in [0.1, 0.15) is 44.4 Å². The Balaban J connectivity index is 0.000000273. The van der Waals surface area contributed by atoms with Crippen molar-refractivity contribution in [3.63, 3.8) is 0 Å². The quantitative estimate of drug-likeness (QED) is 0.504. The Labute approximate surface area is 152 Å². The molecule has 0 aliphatic rings. The van der Waals surface area contributed by atoms with E-state index < -0.39 is 17.6 Å². The van der Waals surface area contributed by atoms with E-state index in [1.807, 2.05) is 19.9 Å². The highest BCUT2D eigenvalue weighted by molar-refractivity contribution is 5.27. The first-order valence-corrected chi connectivity index (χ1v) is 8.59. The minimum absolute atomic E-state index is 0.136. The van der Waals surface area contributed by atoms with E-state index in [0.717, 1.165) is 24.1 Å². The van der Waals surface area contributed by atoms with Crippen LogP contribution in [0.15, 0.2) is 42.5 Å². The molecule has 0 nitrogen and oxygen atoms in total. The maximum absolute atomic E-state index is 12.9. The van der Waals surface area contributed by atoms with E-state index in [0.29, 0.717) is 17.9 Å². The number of hydrogen-bond donors (Lipinski definition) is 0. The average molecular weight is 372 g/mol. The summed E-state index contributed by atoms with van der Waals surface area (Å²) < 4.78 is 62.5. The molecule has 0 unspecified atom stereocenters. The van der Waals surface area contributed by atoms with Gasteiger partial charge < -0.3 is 0 Å². The van der Waals surface area contributed by atoms with Gasteiger partial charge in [0.1, 0.15) is 11.6 Å². The van der Waals surface area contributed by atoms with Crippen molar-refractivity contribution < 1.29 is 22.0 Å². The molecule has 26 heavy (non-hydrogen) atoms. The molecule has 0 aliphatic carbocycles. The summed E-state index contributed by atoms with van der Waals surface area (Å²) in [5, 5.41) is 0. The van der Waals surface area contributed by atoms with E-state index in [4.69, 9.17) is 0 Å². The molecule has 0 bridgehead atoms. The van der Waals surface area contributed by atoms with Crippen LogP contribution >= 0.6 is 0 Å². The summed E-state index contributed by atoms with van der Waals surface area (Å²) in [4.78, 5) is 0. The second kappa shape index (κ2) is 9.70.